The van der Waals surface area contributed by atoms with Crippen molar-refractivity contribution >= 4 is 10.2 Å². The normalized spacial score (nSPS) is 14.7. The van der Waals surface area contributed by atoms with Gasteiger partial charge in [0, 0.05) is 10.2 Å². The number of hydrogen-bond donors (Lipinski definition) is 0. The van der Waals surface area contributed by atoms with Crippen molar-refractivity contribution in [2.75, 3.05) is 0 Å². The van der Waals surface area contributed by atoms with E-state index in [0.29, 0.717) is 0 Å². The number of rotatable bonds is 4. The van der Waals surface area contributed by atoms with E-state index in [2.05, 4.69) is 20.8 Å². The summed E-state index contributed by atoms with van der Waals surface area (Å²) in [5.74, 6) is 0.908. The molecule has 0 aromatic rings. The molecule has 0 nitrogen and oxygen atoms in total. The summed E-state index contributed by atoms with van der Waals surface area (Å²) in [5.41, 5.74) is 1.03. The Labute approximate surface area is 62.5 Å². The molecule has 0 rings (SSSR count). The van der Waals surface area contributed by atoms with Gasteiger partial charge in [0.05, 0.1) is 0 Å². The third kappa shape index (κ3) is 8.22. The average Bonchev–Trinajstić information content (AvgIpc) is 1.63. The van der Waals surface area contributed by atoms with Crippen molar-refractivity contribution in [3.63, 3.8) is 0 Å². The van der Waals surface area contributed by atoms with Crippen LogP contribution in [-0.2, 0) is 0 Å². The van der Waals surface area contributed by atoms with Crippen LogP contribution in [0.5, 0.6) is 0 Å². The van der Waals surface area contributed by atoms with Crippen LogP contribution < -0.4 is 0 Å². The lowest BCUT2D eigenvalue weighted by molar-refractivity contribution is 0.534. The largest absolute Gasteiger partial charge is 0.0658 e. The number of hydrogen-bond acceptors (Lipinski definition) is 0. The summed E-state index contributed by atoms with van der Waals surface area (Å²) in [4.78, 5) is 0. The van der Waals surface area contributed by atoms with Gasteiger partial charge in [-0.15, -0.1) is 0 Å². The third-order valence-corrected chi connectivity index (χ3v) is 2.14. The molecule has 0 amide bonds. The zero-order chi connectivity index (χ0) is 7.28. The van der Waals surface area contributed by atoms with Gasteiger partial charge in [-0.25, -0.2) is 0 Å². The molecule has 0 aliphatic rings. The minimum Gasteiger partial charge on any atom is -0.0658 e. The summed E-state index contributed by atoms with van der Waals surface area (Å²) in [6, 6.07) is 0. The maximum absolute atomic E-state index is 2.35. The Bertz CT molecular complexity index is 49.6. The van der Waals surface area contributed by atoms with Gasteiger partial charge in [-0.1, -0.05) is 45.6 Å². The smallest absolute Gasteiger partial charge is 0.00637 e. The van der Waals surface area contributed by atoms with Gasteiger partial charge in [0.1, 0.15) is 0 Å². The molecule has 0 fully saturated rings. The van der Waals surface area contributed by atoms with Crippen molar-refractivity contribution in [3.05, 3.63) is 0 Å². The molecule has 0 saturated carbocycles. The Morgan fingerprint density at radius 2 is 1.67 bits per heavy atom. The summed E-state index contributed by atoms with van der Waals surface area (Å²) >= 11 is 0. The van der Waals surface area contributed by atoms with Crippen molar-refractivity contribution in [2.24, 2.45) is 5.92 Å². The topological polar surface area (TPSA) is 0 Å². The van der Waals surface area contributed by atoms with Gasteiger partial charge in [-0.3, -0.25) is 0 Å². The lowest BCUT2D eigenvalue weighted by atomic mass is 10.1. The Hall–Kier alpha value is 0.217. The molecule has 1 unspecified atom stereocenters. The van der Waals surface area contributed by atoms with Gasteiger partial charge in [-0.2, -0.15) is 0 Å². The van der Waals surface area contributed by atoms with E-state index in [1.54, 1.807) is 0 Å². The fourth-order valence-corrected chi connectivity index (χ4v) is 1.34. The summed E-state index contributed by atoms with van der Waals surface area (Å²) in [7, 11) is 1.38. The molecule has 0 spiro atoms. The first-order valence-electron chi connectivity index (χ1n) is 4.13. The van der Waals surface area contributed by atoms with E-state index in [0.717, 1.165) is 11.5 Å². The quantitative estimate of drug-likeness (QED) is 0.529. The van der Waals surface area contributed by atoms with E-state index in [-0.39, 0.29) is 0 Å². The molecule has 0 radical (unpaired) electrons. The van der Waals surface area contributed by atoms with E-state index in [9.17, 15) is 0 Å². The van der Waals surface area contributed by atoms with E-state index in [1.807, 2.05) is 0 Å². The molecule has 56 valence electrons. The molecule has 1 atom stereocenters. The van der Waals surface area contributed by atoms with E-state index < -0.39 is 0 Å². The van der Waals surface area contributed by atoms with Crippen LogP contribution in [0.15, 0.2) is 0 Å². The van der Waals surface area contributed by atoms with Crippen LogP contribution in [0.25, 0.3) is 0 Å². The van der Waals surface area contributed by atoms with Crippen molar-refractivity contribution < 1.29 is 0 Å². The molecule has 0 aromatic carbocycles. The van der Waals surface area contributed by atoms with Gasteiger partial charge >= 0.3 is 0 Å². The van der Waals surface area contributed by atoms with E-state index >= 15 is 0 Å². The molecule has 0 aromatic heterocycles. The fraction of sp³-hybridized carbons (Fsp3) is 1.00. The first kappa shape index (κ1) is 9.22. The highest BCUT2D eigenvalue weighted by Gasteiger charge is 1.95. The fourth-order valence-electron chi connectivity index (χ4n) is 0.934. The summed E-state index contributed by atoms with van der Waals surface area (Å²) in [6.45, 7) is 6.96. The Balaban J connectivity index is 2.91. The molecule has 9 heavy (non-hydrogen) atoms. The van der Waals surface area contributed by atoms with Gasteiger partial charge in [0.25, 0.3) is 0 Å². The minimum atomic E-state index is 0.908. The second-order valence-corrected chi connectivity index (χ2v) is 5.69. The van der Waals surface area contributed by atoms with Crippen LogP contribution >= 0.6 is 0 Å². The highest BCUT2D eigenvalue weighted by molar-refractivity contribution is 6.11. The predicted octanol–water partition coefficient (Wildman–Crippen LogP) is 1.99. The molecule has 0 aliphatic carbocycles. The maximum atomic E-state index is 2.35. The highest BCUT2D eigenvalue weighted by Crippen LogP contribution is 2.12. The van der Waals surface area contributed by atoms with Crippen molar-refractivity contribution in [1.82, 2.24) is 0 Å². The van der Waals surface area contributed by atoms with Gasteiger partial charge in [-0.05, 0) is 5.92 Å². The van der Waals surface area contributed by atoms with Crippen molar-refractivity contribution in [1.29, 1.82) is 0 Å². The Kier molecular flexibility index (Phi) is 5.16. The SMILES string of the molecule is CC(C)CCCC(C)[SiH3]. The van der Waals surface area contributed by atoms with Crippen LogP contribution in [-0.4, -0.2) is 10.2 Å². The third-order valence-electron chi connectivity index (χ3n) is 1.56. The summed E-state index contributed by atoms with van der Waals surface area (Å²) in [6.07, 6.45) is 4.33. The Morgan fingerprint density at radius 1 is 1.11 bits per heavy atom. The van der Waals surface area contributed by atoms with E-state index in [1.165, 1.54) is 29.5 Å². The van der Waals surface area contributed by atoms with Crippen LogP contribution in [0, 0.1) is 5.92 Å². The molecule has 1 heteroatoms. The second-order valence-electron chi connectivity index (χ2n) is 3.72. The maximum Gasteiger partial charge on any atom is 0.00637 e. The van der Waals surface area contributed by atoms with Crippen LogP contribution in [0.2, 0.25) is 5.54 Å². The Morgan fingerprint density at radius 3 is 2.00 bits per heavy atom. The van der Waals surface area contributed by atoms with Crippen molar-refractivity contribution in [2.45, 2.75) is 45.6 Å². The first-order chi connectivity index (χ1) is 4.13. The molecular formula is C8H20Si. The van der Waals surface area contributed by atoms with Crippen LogP contribution in [0.4, 0.5) is 0 Å². The van der Waals surface area contributed by atoms with Gasteiger partial charge in [0.2, 0.25) is 0 Å². The van der Waals surface area contributed by atoms with Gasteiger partial charge in [0.15, 0.2) is 0 Å². The molecule has 0 saturated heterocycles. The second kappa shape index (κ2) is 5.04. The van der Waals surface area contributed by atoms with Crippen LogP contribution in [0.3, 0.4) is 0 Å². The van der Waals surface area contributed by atoms with Crippen molar-refractivity contribution in [3.8, 4) is 0 Å². The van der Waals surface area contributed by atoms with Gasteiger partial charge < -0.3 is 0 Å². The standard InChI is InChI=1S/C8H20Si/c1-7(2)5-4-6-8(3)9/h7-8H,4-6H2,1-3,9H3. The summed E-state index contributed by atoms with van der Waals surface area (Å²) < 4.78 is 0. The lowest BCUT2D eigenvalue weighted by Gasteiger charge is -2.05. The molecule has 0 heterocycles. The molecular weight excluding hydrogens is 124 g/mol. The molecule has 0 N–H and O–H groups in total. The van der Waals surface area contributed by atoms with Crippen LogP contribution in [0.1, 0.15) is 40.0 Å². The molecule has 0 bridgehead atoms. The zero-order valence-corrected chi connectivity index (χ0v) is 9.28. The lowest BCUT2D eigenvalue weighted by Crippen LogP contribution is -1.90. The summed E-state index contributed by atoms with van der Waals surface area (Å²) in [5, 5.41) is 0. The van der Waals surface area contributed by atoms with E-state index in [4.69, 9.17) is 0 Å². The zero-order valence-electron chi connectivity index (χ0n) is 7.28. The first-order valence-corrected chi connectivity index (χ1v) is 5.28. The monoisotopic (exact) mass is 144 g/mol. The highest BCUT2D eigenvalue weighted by atomic mass is 28.1. The molecule has 0 aliphatic heterocycles. The average molecular weight is 144 g/mol. The minimum absolute atomic E-state index is 0.908. The predicted molar refractivity (Wildman–Crippen MR) is 48.1 cm³/mol.